The molecule has 0 aliphatic heterocycles. The van der Waals surface area contributed by atoms with E-state index in [9.17, 15) is 4.57 Å². The van der Waals surface area contributed by atoms with Gasteiger partial charge in [0.15, 0.2) is 0 Å². The van der Waals surface area contributed by atoms with E-state index in [1.165, 1.54) is 14.2 Å². The molecule has 2 aromatic carbocycles. The molecule has 0 aliphatic rings. The number of nitrogens with one attached hydrogen (secondary N) is 3. The molecular formula is C18H26N3O3P. The molecule has 0 saturated heterocycles. The van der Waals surface area contributed by atoms with Gasteiger partial charge in [0, 0.05) is 51.8 Å². The standard InChI is InChI=1S/C18H26N3O3P/c1-23-25(22,24-2)18-11-7-6-10-17(18)21-15-13-19-12-14-20-16-8-4-3-5-9-16/h3-11,19-21H,12-15H2,1-2H3. The number of anilines is 2. The zero-order chi connectivity index (χ0) is 18.0. The van der Waals surface area contributed by atoms with Gasteiger partial charge in [-0.05, 0) is 24.3 Å². The number of para-hydroxylation sites is 2. The van der Waals surface area contributed by atoms with Crippen molar-refractivity contribution in [2.45, 2.75) is 0 Å². The van der Waals surface area contributed by atoms with Crippen molar-refractivity contribution in [2.24, 2.45) is 0 Å². The van der Waals surface area contributed by atoms with Gasteiger partial charge in [-0.25, -0.2) is 0 Å². The Bertz CT molecular complexity index is 674. The van der Waals surface area contributed by atoms with Crippen molar-refractivity contribution >= 4 is 24.3 Å². The smallest absolute Gasteiger partial charge is 0.362 e. The lowest BCUT2D eigenvalue weighted by Gasteiger charge is -2.18. The van der Waals surface area contributed by atoms with Crippen LogP contribution in [0.25, 0.3) is 0 Å². The quantitative estimate of drug-likeness (QED) is 0.421. The molecule has 0 amide bonds. The Hall–Kier alpha value is -1.85. The molecule has 2 aromatic rings. The molecule has 0 spiro atoms. The average molecular weight is 363 g/mol. The van der Waals surface area contributed by atoms with E-state index in [-0.39, 0.29) is 0 Å². The second kappa shape index (κ2) is 10.2. The third-order valence-corrected chi connectivity index (χ3v) is 5.64. The van der Waals surface area contributed by atoms with Gasteiger partial charge >= 0.3 is 7.60 Å². The van der Waals surface area contributed by atoms with E-state index in [4.69, 9.17) is 9.05 Å². The summed E-state index contributed by atoms with van der Waals surface area (Å²) in [5, 5.41) is 10.5. The highest BCUT2D eigenvalue weighted by molar-refractivity contribution is 7.62. The molecule has 0 aliphatic carbocycles. The van der Waals surface area contributed by atoms with Crippen molar-refractivity contribution in [3.63, 3.8) is 0 Å². The fourth-order valence-electron chi connectivity index (χ4n) is 2.39. The van der Waals surface area contributed by atoms with Gasteiger partial charge in [-0.1, -0.05) is 30.3 Å². The second-order valence-electron chi connectivity index (χ2n) is 5.35. The van der Waals surface area contributed by atoms with Crippen molar-refractivity contribution < 1.29 is 13.6 Å². The van der Waals surface area contributed by atoms with E-state index in [2.05, 4.69) is 16.0 Å². The van der Waals surface area contributed by atoms with Crippen LogP contribution >= 0.6 is 7.60 Å². The Morgan fingerprint density at radius 1 is 0.800 bits per heavy atom. The maximum atomic E-state index is 12.6. The van der Waals surface area contributed by atoms with Gasteiger partial charge in [0.2, 0.25) is 0 Å². The van der Waals surface area contributed by atoms with Crippen molar-refractivity contribution in [1.82, 2.24) is 5.32 Å². The number of rotatable bonds is 11. The molecule has 136 valence electrons. The van der Waals surface area contributed by atoms with E-state index < -0.39 is 7.60 Å². The summed E-state index contributed by atoms with van der Waals surface area (Å²) in [7, 11) is -0.482. The van der Waals surface area contributed by atoms with Crippen LogP contribution in [-0.4, -0.2) is 40.4 Å². The number of benzene rings is 2. The van der Waals surface area contributed by atoms with Crippen LogP contribution in [0, 0.1) is 0 Å². The van der Waals surface area contributed by atoms with E-state index in [1.54, 1.807) is 6.07 Å². The first-order chi connectivity index (χ1) is 12.2. The van der Waals surface area contributed by atoms with Crippen LogP contribution in [0.1, 0.15) is 0 Å². The summed E-state index contributed by atoms with van der Waals surface area (Å²) in [6.07, 6.45) is 0. The third-order valence-electron chi connectivity index (χ3n) is 3.70. The fraction of sp³-hybridized carbons (Fsp3) is 0.333. The Labute approximate surface area is 149 Å². The lowest BCUT2D eigenvalue weighted by molar-refractivity contribution is 0.287. The summed E-state index contributed by atoms with van der Waals surface area (Å²) in [4.78, 5) is 0. The molecule has 0 saturated carbocycles. The molecule has 0 aromatic heterocycles. The predicted molar refractivity (Wildman–Crippen MR) is 104 cm³/mol. The highest BCUT2D eigenvalue weighted by Gasteiger charge is 2.27. The van der Waals surface area contributed by atoms with E-state index in [0.717, 1.165) is 31.0 Å². The summed E-state index contributed by atoms with van der Waals surface area (Å²) in [5.41, 5.74) is 1.88. The molecule has 2 rings (SSSR count). The van der Waals surface area contributed by atoms with Crippen LogP contribution in [0.2, 0.25) is 0 Å². The van der Waals surface area contributed by atoms with Crippen molar-refractivity contribution in [3.8, 4) is 0 Å². The van der Waals surface area contributed by atoms with Gasteiger partial charge in [-0.3, -0.25) is 4.57 Å². The zero-order valence-corrected chi connectivity index (χ0v) is 15.6. The lowest BCUT2D eigenvalue weighted by Crippen LogP contribution is -2.28. The molecule has 0 unspecified atom stereocenters. The minimum absolute atomic E-state index is 0.547. The minimum Gasteiger partial charge on any atom is -0.384 e. The largest absolute Gasteiger partial charge is 0.384 e. The summed E-state index contributed by atoms with van der Waals surface area (Å²) in [6.45, 7) is 3.20. The first-order valence-electron chi connectivity index (χ1n) is 8.24. The highest BCUT2D eigenvalue weighted by atomic mass is 31.2. The molecule has 0 bridgehead atoms. The first kappa shape index (κ1) is 19.5. The van der Waals surface area contributed by atoms with Gasteiger partial charge in [0.25, 0.3) is 0 Å². The Morgan fingerprint density at radius 2 is 1.40 bits per heavy atom. The van der Waals surface area contributed by atoms with Gasteiger partial charge in [-0.2, -0.15) is 0 Å². The normalized spacial score (nSPS) is 11.3. The van der Waals surface area contributed by atoms with Gasteiger partial charge in [0.05, 0.1) is 5.30 Å². The van der Waals surface area contributed by atoms with Gasteiger partial charge < -0.3 is 25.0 Å². The van der Waals surface area contributed by atoms with Gasteiger partial charge in [-0.15, -0.1) is 0 Å². The fourth-order valence-corrected chi connectivity index (χ4v) is 3.65. The summed E-state index contributed by atoms with van der Waals surface area (Å²) in [5.74, 6) is 0. The maximum Gasteiger partial charge on any atom is 0.362 e. The van der Waals surface area contributed by atoms with E-state index >= 15 is 0 Å². The van der Waals surface area contributed by atoms with Crippen LogP contribution in [0.4, 0.5) is 11.4 Å². The van der Waals surface area contributed by atoms with Crippen molar-refractivity contribution in [2.75, 3.05) is 51.0 Å². The molecule has 3 N–H and O–H groups in total. The van der Waals surface area contributed by atoms with Crippen LogP contribution < -0.4 is 21.3 Å². The maximum absolute atomic E-state index is 12.6. The zero-order valence-electron chi connectivity index (χ0n) is 14.7. The van der Waals surface area contributed by atoms with E-state index in [1.807, 2.05) is 48.5 Å². The van der Waals surface area contributed by atoms with Gasteiger partial charge in [0.1, 0.15) is 0 Å². The molecule has 0 fully saturated rings. The SMILES string of the molecule is COP(=O)(OC)c1ccccc1NCCNCCNc1ccccc1. The van der Waals surface area contributed by atoms with Crippen molar-refractivity contribution in [1.29, 1.82) is 0 Å². The lowest BCUT2D eigenvalue weighted by atomic mass is 10.3. The van der Waals surface area contributed by atoms with E-state index in [0.29, 0.717) is 11.8 Å². The number of hydrogen-bond donors (Lipinski definition) is 3. The summed E-state index contributed by atoms with van der Waals surface area (Å²) in [6, 6.07) is 17.4. The first-order valence-corrected chi connectivity index (χ1v) is 9.78. The highest BCUT2D eigenvalue weighted by Crippen LogP contribution is 2.46. The van der Waals surface area contributed by atoms with Crippen LogP contribution in [-0.2, 0) is 13.6 Å². The van der Waals surface area contributed by atoms with Crippen LogP contribution in [0.15, 0.2) is 54.6 Å². The molecule has 7 heteroatoms. The Morgan fingerprint density at radius 3 is 2.08 bits per heavy atom. The molecule has 0 atom stereocenters. The molecular weight excluding hydrogens is 337 g/mol. The second-order valence-corrected chi connectivity index (χ2v) is 7.56. The summed E-state index contributed by atoms with van der Waals surface area (Å²) < 4.78 is 22.7. The molecule has 0 heterocycles. The minimum atomic E-state index is -3.26. The summed E-state index contributed by atoms with van der Waals surface area (Å²) >= 11 is 0. The molecule has 25 heavy (non-hydrogen) atoms. The van der Waals surface area contributed by atoms with Crippen LogP contribution in [0.3, 0.4) is 0 Å². The van der Waals surface area contributed by atoms with Crippen molar-refractivity contribution in [3.05, 3.63) is 54.6 Å². The monoisotopic (exact) mass is 363 g/mol. The predicted octanol–water partition coefficient (Wildman–Crippen LogP) is 2.91. The number of hydrogen-bond acceptors (Lipinski definition) is 6. The average Bonchev–Trinajstić information content (AvgIpc) is 2.68. The Balaban J connectivity index is 1.73. The Kier molecular flexibility index (Phi) is 7.95. The van der Waals surface area contributed by atoms with Crippen LogP contribution in [0.5, 0.6) is 0 Å². The molecule has 0 radical (unpaired) electrons. The topological polar surface area (TPSA) is 71.6 Å². The molecule has 6 nitrogen and oxygen atoms in total. The third kappa shape index (κ3) is 5.87.